The lowest BCUT2D eigenvalue weighted by Gasteiger charge is -2.22. The second kappa shape index (κ2) is 8.26. The molecule has 2 aromatic heterocycles. The molecule has 4 rings (SSSR count). The van der Waals surface area contributed by atoms with Gasteiger partial charge in [0.15, 0.2) is 0 Å². The minimum absolute atomic E-state index is 0.264. The molecule has 0 atom stereocenters. The largest absolute Gasteiger partial charge is 0.491 e. The van der Waals surface area contributed by atoms with E-state index in [4.69, 9.17) is 9.84 Å². The van der Waals surface area contributed by atoms with E-state index in [0.29, 0.717) is 29.5 Å². The Morgan fingerprint density at radius 2 is 2.10 bits per heavy atom. The number of benzene rings is 1. The molecule has 3 aromatic rings. The third-order valence-corrected chi connectivity index (χ3v) is 5.13. The molecule has 1 aliphatic rings. The summed E-state index contributed by atoms with van der Waals surface area (Å²) >= 11 is 0. The van der Waals surface area contributed by atoms with Gasteiger partial charge in [-0.25, -0.2) is 14.5 Å². The summed E-state index contributed by atoms with van der Waals surface area (Å²) in [6.07, 6.45) is 10.5. The molecule has 150 valence electrons. The normalized spacial score (nSPS) is 14.6. The van der Waals surface area contributed by atoms with Crippen molar-refractivity contribution in [1.29, 1.82) is 0 Å². The zero-order valence-electron chi connectivity index (χ0n) is 15.7. The molecule has 0 unspecified atom stereocenters. The van der Waals surface area contributed by atoms with E-state index in [2.05, 4.69) is 20.3 Å². The lowest BCUT2D eigenvalue weighted by atomic mass is 9.90. The summed E-state index contributed by atoms with van der Waals surface area (Å²) in [6.45, 7) is 0.642. The highest BCUT2D eigenvalue weighted by Crippen LogP contribution is 2.30. The smallest absolute Gasteiger partial charge is 0.342 e. The first-order chi connectivity index (χ1) is 14.1. The van der Waals surface area contributed by atoms with Crippen LogP contribution in [0, 0.1) is 5.92 Å². The van der Waals surface area contributed by atoms with E-state index in [1.165, 1.54) is 32.1 Å². The van der Waals surface area contributed by atoms with Crippen molar-refractivity contribution in [1.82, 2.24) is 25.0 Å². The average Bonchev–Trinajstić information content (AvgIpc) is 3.27. The quantitative estimate of drug-likeness (QED) is 0.658. The number of hydrogen-bond acceptors (Lipinski definition) is 6. The molecule has 9 nitrogen and oxygen atoms in total. The monoisotopic (exact) mass is 395 g/mol. The van der Waals surface area contributed by atoms with Crippen molar-refractivity contribution in [3.63, 3.8) is 0 Å². The molecular formula is C20H21N5O4. The van der Waals surface area contributed by atoms with E-state index < -0.39 is 17.1 Å². The van der Waals surface area contributed by atoms with E-state index in [1.807, 2.05) is 0 Å². The van der Waals surface area contributed by atoms with Crippen molar-refractivity contribution in [2.75, 3.05) is 6.61 Å². The van der Waals surface area contributed by atoms with Gasteiger partial charge in [0.05, 0.1) is 19.0 Å². The first-order valence-corrected chi connectivity index (χ1v) is 9.58. The Bertz CT molecular complexity index is 1050. The fraction of sp³-hybridized carbons (Fsp3) is 0.350. The zero-order valence-corrected chi connectivity index (χ0v) is 15.7. The predicted molar refractivity (Wildman–Crippen MR) is 104 cm³/mol. The van der Waals surface area contributed by atoms with E-state index in [9.17, 15) is 9.59 Å². The Hall–Kier alpha value is -3.49. The minimum atomic E-state index is -1.32. The molecule has 0 bridgehead atoms. The SMILES string of the molecule is O=C(O)c1cnc(-c2ccc(OCC3CCCCC3)c(-n3ccnn3)c2)[nH]c1=O. The van der Waals surface area contributed by atoms with E-state index in [1.54, 1.807) is 35.3 Å². The summed E-state index contributed by atoms with van der Waals surface area (Å²) in [7, 11) is 0. The maximum absolute atomic E-state index is 12.0. The maximum Gasteiger partial charge on any atom is 0.342 e. The molecule has 0 spiro atoms. The van der Waals surface area contributed by atoms with Crippen LogP contribution in [0.4, 0.5) is 0 Å². The lowest BCUT2D eigenvalue weighted by Crippen LogP contribution is -2.19. The minimum Gasteiger partial charge on any atom is -0.491 e. The molecule has 0 saturated heterocycles. The Labute approximate surface area is 166 Å². The Balaban J connectivity index is 1.65. The highest BCUT2D eigenvalue weighted by atomic mass is 16.5. The molecule has 9 heteroatoms. The number of nitrogens with one attached hydrogen (secondary N) is 1. The second-order valence-corrected chi connectivity index (χ2v) is 7.12. The fourth-order valence-corrected chi connectivity index (χ4v) is 3.56. The third-order valence-electron chi connectivity index (χ3n) is 5.13. The fourth-order valence-electron chi connectivity index (χ4n) is 3.56. The van der Waals surface area contributed by atoms with Crippen molar-refractivity contribution >= 4 is 5.97 Å². The lowest BCUT2D eigenvalue weighted by molar-refractivity contribution is 0.0694. The van der Waals surface area contributed by atoms with Crippen LogP contribution in [-0.2, 0) is 0 Å². The van der Waals surface area contributed by atoms with Crippen molar-refractivity contribution in [3.8, 4) is 22.8 Å². The van der Waals surface area contributed by atoms with Crippen molar-refractivity contribution in [3.05, 3.63) is 52.7 Å². The molecular weight excluding hydrogens is 374 g/mol. The predicted octanol–water partition coefficient (Wildman–Crippen LogP) is 2.67. The molecule has 1 aromatic carbocycles. The van der Waals surface area contributed by atoms with Crippen LogP contribution in [-0.4, -0.2) is 42.6 Å². The van der Waals surface area contributed by atoms with Gasteiger partial charge in [0.25, 0.3) is 5.56 Å². The molecule has 2 N–H and O–H groups in total. The number of ether oxygens (including phenoxy) is 1. The van der Waals surface area contributed by atoms with Crippen molar-refractivity contribution in [2.45, 2.75) is 32.1 Å². The average molecular weight is 395 g/mol. The summed E-state index contributed by atoms with van der Waals surface area (Å²) < 4.78 is 7.69. The van der Waals surface area contributed by atoms with Crippen LogP contribution in [0.5, 0.6) is 5.75 Å². The van der Waals surface area contributed by atoms with Crippen LogP contribution < -0.4 is 10.3 Å². The topological polar surface area (TPSA) is 123 Å². The summed E-state index contributed by atoms with van der Waals surface area (Å²) in [4.78, 5) is 29.6. The standard InChI is InChI=1S/C20H21N5O4/c26-19-15(20(27)28)11-21-18(23-19)14-6-7-17(16(10-14)25-9-8-22-24-25)29-12-13-4-2-1-3-5-13/h6-11,13H,1-5,12H2,(H,27,28)(H,21,23,26). The van der Waals surface area contributed by atoms with Gasteiger partial charge in [0, 0.05) is 11.8 Å². The highest BCUT2D eigenvalue weighted by Gasteiger charge is 2.17. The third kappa shape index (κ3) is 4.18. The van der Waals surface area contributed by atoms with Crippen LogP contribution >= 0.6 is 0 Å². The van der Waals surface area contributed by atoms with Gasteiger partial charge >= 0.3 is 5.97 Å². The van der Waals surface area contributed by atoms with Crippen molar-refractivity contribution in [2.24, 2.45) is 5.92 Å². The number of carbonyl (C=O) groups is 1. The number of aromatic amines is 1. The molecule has 0 amide bonds. The van der Waals surface area contributed by atoms with Gasteiger partial charge in [-0.15, -0.1) is 5.10 Å². The molecule has 29 heavy (non-hydrogen) atoms. The summed E-state index contributed by atoms with van der Waals surface area (Å²) in [5.41, 5.74) is 0.162. The van der Waals surface area contributed by atoms with Gasteiger partial charge < -0.3 is 14.8 Å². The Morgan fingerprint density at radius 1 is 1.28 bits per heavy atom. The molecule has 1 saturated carbocycles. The molecule has 2 heterocycles. The van der Waals surface area contributed by atoms with Gasteiger partial charge in [0.2, 0.25) is 0 Å². The van der Waals surface area contributed by atoms with Crippen LogP contribution in [0.15, 0.2) is 41.6 Å². The van der Waals surface area contributed by atoms with Crippen LogP contribution in [0.25, 0.3) is 17.1 Å². The summed E-state index contributed by atoms with van der Waals surface area (Å²) in [6, 6.07) is 5.36. The zero-order chi connectivity index (χ0) is 20.2. The van der Waals surface area contributed by atoms with Gasteiger partial charge in [-0.3, -0.25) is 4.79 Å². The number of carboxylic acid groups (broad SMARTS) is 1. The molecule has 0 radical (unpaired) electrons. The van der Waals surface area contributed by atoms with E-state index in [0.717, 1.165) is 6.20 Å². The number of rotatable bonds is 6. The maximum atomic E-state index is 12.0. The highest BCUT2D eigenvalue weighted by molar-refractivity contribution is 5.86. The van der Waals surface area contributed by atoms with Crippen molar-refractivity contribution < 1.29 is 14.6 Å². The van der Waals surface area contributed by atoms with Gasteiger partial charge in [-0.05, 0) is 37.0 Å². The number of aromatic nitrogens is 5. The second-order valence-electron chi connectivity index (χ2n) is 7.12. The van der Waals surface area contributed by atoms with Gasteiger partial charge in [-0.1, -0.05) is 24.5 Å². The van der Waals surface area contributed by atoms with Crippen LogP contribution in [0.3, 0.4) is 0 Å². The molecule has 1 fully saturated rings. The Morgan fingerprint density at radius 3 is 2.79 bits per heavy atom. The van der Waals surface area contributed by atoms with Crippen LogP contribution in [0.2, 0.25) is 0 Å². The summed E-state index contributed by atoms with van der Waals surface area (Å²) in [5.74, 6) is 0.156. The summed E-state index contributed by atoms with van der Waals surface area (Å²) in [5, 5.41) is 16.9. The molecule has 0 aliphatic heterocycles. The van der Waals surface area contributed by atoms with E-state index >= 15 is 0 Å². The number of nitrogens with zero attached hydrogens (tertiary/aromatic N) is 4. The Kier molecular flexibility index (Phi) is 5.37. The number of aromatic carboxylic acids is 1. The van der Waals surface area contributed by atoms with Gasteiger partial charge in [0.1, 0.15) is 22.8 Å². The number of hydrogen-bond donors (Lipinski definition) is 2. The first kappa shape index (κ1) is 18.9. The first-order valence-electron chi connectivity index (χ1n) is 9.58. The molecule has 1 aliphatic carbocycles. The number of carboxylic acids is 1. The number of H-pyrrole nitrogens is 1. The van der Waals surface area contributed by atoms with E-state index in [-0.39, 0.29) is 5.82 Å². The van der Waals surface area contributed by atoms with Gasteiger partial charge in [-0.2, -0.15) is 0 Å². The van der Waals surface area contributed by atoms with Crippen LogP contribution in [0.1, 0.15) is 42.5 Å².